The van der Waals surface area contributed by atoms with Gasteiger partial charge >= 0.3 is 5.97 Å². The Morgan fingerprint density at radius 1 is 1.79 bits per heavy atom. The molecule has 1 aliphatic rings. The van der Waals surface area contributed by atoms with Gasteiger partial charge in [0.2, 0.25) is 0 Å². The van der Waals surface area contributed by atoms with E-state index >= 15 is 0 Å². The van der Waals surface area contributed by atoms with E-state index in [0.29, 0.717) is 6.42 Å². The molecular formula is C11H18O3. The molecular weight excluding hydrogens is 180 g/mol. The maximum absolute atomic E-state index is 11.5. The van der Waals surface area contributed by atoms with Gasteiger partial charge in [-0.1, -0.05) is 25.5 Å². The number of carbonyl (C=O) groups excluding carboxylic acids is 1. The SMILES string of the molecule is C=C1CC[C@](O)(C(=O)OC)[C@H]1CCC. The van der Waals surface area contributed by atoms with Gasteiger partial charge in [0.25, 0.3) is 0 Å². The second kappa shape index (κ2) is 4.13. The lowest BCUT2D eigenvalue weighted by Crippen LogP contribution is -2.43. The highest BCUT2D eigenvalue weighted by Gasteiger charge is 2.49. The number of hydrogen-bond acceptors (Lipinski definition) is 3. The van der Waals surface area contributed by atoms with E-state index in [-0.39, 0.29) is 5.92 Å². The Labute approximate surface area is 84.8 Å². The van der Waals surface area contributed by atoms with Gasteiger partial charge in [0.1, 0.15) is 0 Å². The predicted molar refractivity (Wildman–Crippen MR) is 53.7 cm³/mol. The summed E-state index contributed by atoms with van der Waals surface area (Å²) < 4.78 is 4.63. The molecule has 0 aromatic heterocycles. The van der Waals surface area contributed by atoms with Gasteiger partial charge in [-0.05, 0) is 19.3 Å². The molecule has 0 aromatic rings. The molecule has 0 saturated heterocycles. The molecule has 14 heavy (non-hydrogen) atoms. The minimum atomic E-state index is -1.32. The molecule has 0 radical (unpaired) electrons. The number of rotatable bonds is 3. The Morgan fingerprint density at radius 2 is 2.43 bits per heavy atom. The molecule has 3 nitrogen and oxygen atoms in total. The Kier molecular flexibility index (Phi) is 3.32. The summed E-state index contributed by atoms with van der Waals surface area (Å²) in [5.74, 6) is -0.644. The molecule has 80 valence electrons. The quantitative estimate of drug-likeness (QED) is 0.554. The van der Waals surface area contributed by atoms with Crippen LogP contribution in [0.15, 0.2) is 12.2 Å². The molecule has 0 aliphatic heterocycles. The van der Waals surface area contributed by atoms with Crippen LogP contribution in [-0.4, -0.2) is 23.8 Å². The van der Waals surface area contributed by atoms with Crippen molar-refractivity contribution in [2.75, 3.05) is 7.11 Å². The van der Waals surface area contributed by atoms with Crippen molar-refractivity contribution in [2.45, 2.75) is 38.2 Å². The van der Waals surface area contributed by atoms with E-state index in [0.717, 1.165) is 24.8 Å². The average molecular weight is 198 g/mol. The van der Waals surface area contributed by atoms with E-state index in [1.165, 1.54) is 7.11 Å². The van der Waals surface area contributed by atoms with Crippen LogP contribution in [0, 0.1) is 5.92 Å². The molecule has 0 bridgehead atoms. The maximum atomic E-state index is 11.5. The van der Waals surface area contributed by atoms with Crippen molar-refractivity contribution in [3.63, 3.8) is 0 Å². The van der Waals surface area contributed by atoms with Crippen LogP contribution in [0.5, 0.6) is 0 Å². The second-order valence-corrected chi connectivity index (χ2v) is 3.92. The summed E-state index contributed by atoms with van der Waals surface area (Å²) in [7, 11) is 1.31. The van der Waals surface area contributed by atoms with Crippen molar-refractivity contribution in [2.24, 2.45) is 5.92 Å². The van der Waals surface area contributed by atoms with Gasteiger partial charge in [-0.25, -0.2) is 4.79 Å². The Balaban J connectivity index is 2.86. The van der Waals surface area contributed by atoms with Gasteiger partial charge in [-0.2, -0.15) is 0 Å². The molecule has 1 saturated carbocycles. The Hall–Kier alpha value is -0.830. The first-order valence-corrected chi connectivity index (χ1v) is 5.04. The first-order valence-electron chi connectivity index (χ1n) is 5.04. The molecule has 2 atom stereocenters. The zero-order valence-electron chi connectivity index (χ0n) is 8.88. The first kappa shape index (κ1) is 11.2. The topological polar surface area (TPSA) is 46.5 Å². The Bertz CT molecular complexity index is 247. The molecule has 1 rings (SSSR count). The number of ether oxygens (including phenoxy) is 1. The summed E-state index contributed by atoms with van der Waals surface area (Å²) in [5.41, 5.74) is -0.346. The van der Waals surface area contributed by atoms with Crippen LogP contribution < -0.4 is 0 Å². The van der Waals surface area contributed by atoms with E-state index in [2.05, 4.69) is 11.3 Å². The van der Waals surface area contributed by atoms with Crippen molar-refractivity contribution in [1.29, 1.82) is 0 Å². The van der Waals surface area contributed by atoms with Crippen LogP contribution in [-0.2, 0) is 9.53 Å². The van der Waals surface area contributed by atoms with Crippen LogP contribution in [0.25, 0.3) is 0 Å². The number of aliphatic hydroxyl groups is 1. The van der Waals surface area contributed by atoms with Gasteiger partial charge < -0.3 is 9.84 Å². The van der Waals surface area contributed by atoms with Crippen LogP contribution in [0.3, 0.4) is 0 Å². The first-order chi connectivity index (χ1) is 6.56. The molecule has 1 fully saturated rings. The van der Waals surface area contributed by atoms with Crippen molar-refractivity contribution in [1.82, 2.24) is 0 Å². The molecule has 0 aromatic carbocycles. The number of carbonyl (C=O) groups is 1. The summed E-state index contributed by atoms with van der Waals surface area (Å²) in [4.78, 5) is 11.5. The summed E-state index contributed by atoms with van der Waals surface area (Å²) in [6, 6.07) is 0. The number of hydrogen-bond donors (Lipinski definition) is 1. The van der Waals surface area contributed by atoms with Gasteiger partial charge in [-0.3, -0.25) is 0 Å². The molecule has 0 spiro atoms. The fourth-order valence-corrected chi connectivity index (χ4v) is 2.19. The highest BCUT2D eigenvalue weighted by molar-refractivity contribution is 5.81. The third-order valence-corrected chi connectivity index (χ3v) is 3.01. The molecule has 0 unspecified atom stereocenters. The molecule has 0 amide bonds. The summed E-state index contributed by atoms with van der Waals surface area (Å²) in [5, 5.41) is 10.2. The predicted octanol–water partition coefficient (Wildman–Crippen LogP) is 1.66. The smallest absolute Gasteiger partial charge is 0.338 e. The average Bonchev–Trinajstić information content (AvgIpc) is 2.46. The minimum absolute atomic E-state index is 0.125. The summed E-state index contributed by atoms with van der Waals surface area (Å²) in [6.45, 7) is 5.93. The van der Waals surface area contributed by atoms with Crippen molar-refractivity contribution in [3.05, 3.63) is 12.2 Å². The fraction of sp³-hybridized carbons (Fsp3) is 0.727. The molecule has 1 aliphatic carbocycles. The second-order valence-electron chi connectivity index (χ2n) is 3.92. The van der Waals surface area contributed by atoms with Gasteiger partial charge in [-0.15, -0.1) is 0 Å². The molecule has 3 heteroatoms. The lowest BCUT2D eigenvalue weighted by Gasteiger charge is -2.27. The standard InChI is InChI=1S/C11H18O3/c1-4-5-9-8(2)6-7-11(9,13)10(12)14-3/h9,13H,2,4-7H2,1,3H3/t9-,11+/m0/s1. The van der Waals surface area contributed by atoms with E-state index in [1.54, 1.807) is 0 Å². The van der Waals surface area contributed by atoms with E-state index in [4.69, 9.17) is 0 Å². The van der Waals surface area contributed by atoms with E-state index < -0.39 is 11.6 Å². The molecule has 1 N–H and O–H groups in total. The van der Waals surface area contributed by atoms with Crippen molar-refractivity contribution >= 4 is 5.97 Å². The number of esters is 1. The van der Waals surface area contributed by atoms with Gasteiger partial charge in [0.15, 0.2) is 5.60 Å². The van der Waals surface area contributed by atoms with Gasteiger partial charge in [0.05, 0.1) is 7.11 Å². The summed E-state index contributed by atoms with van der Waals surface area (Å²) in [6.07, 6.45) is 2.90. The lowest BCUT2D eigenvalue weighted by atomic mass is 9.86. The zero-order valence-corrected chi connectivity index (χ0v) is 8.88. The van der Waals surface area contributed by atoms with Crippen molar-refractivity contribution in [3.8, 4) is 0 Å². The zero-order chi connectivity index (χ0) is 10.8. The third-order valence-electron chi connectivity index (χ3n) is 3.01. The normalized spacial score (nSPS) is 31.9. The van der Waals surface area contributed by atoms with E-state index in [1.807, 2.05) is 6.92 Å². The lowest BCUT2D eigenvalue weighted by molar-refractivity contribution is -0.165. The highest BCUT2D eigenvalue weighted by atomic mass is 16.5. The van der Waals surface area contributed by atoms with Crippen LogP contribution >= 0.6 is 0 Å². The summed E-state index contributed by atoms with van der Waals surface area (Å²) >= 11 is 0. The molecule has 0 heterocycles. The van der Waals surface area contributed by atoms with E-state index in [9.17, 15) is 9.90 Å². The van der Waals surface area contributed by atoms with Crippen LogP contribution in [0.2, 0.25) is 0 Å². The van der Waals surface area contributed by atoms with Crippen molar-refractivity contribution < 1.29 is 14.6 Å². The highest BCUT2D eigenvalue weighted by Crippen LogP contribution is 2.42. The third kappa shape index (κ3) is 1.69. The van der Waals surface area contributed by atoms with Crippen LogP contribution in [0.4, 0.5) is 0 Å². The maximum Gasteiger partial charge on any atom is 0.338 e. The largest absolute Gasteiger partial charge is 0.467 e. The minimum Gasteiger partial charge on any atom is -0.467 e. The fourth-order valence-electron chi connectivity index (χ4n) is 2.19. The monoisotopic (exact) mass is 198 g/mol. The van der Waals surface area contributed by atoms with Crippen LogP contribution in [0.1, 0.15) is 32.6 Å². The Morgan fingerprint density at radius 3 is 2.93 bits per heavy atom. The number of methoxy groups -OCH3 is 1. The van der Waals surface area contributed by atoms with Gasteiger partial charge in [0, 0.05) is 5.92 Å².